The molecule has 0 bridgehead atoms. The van der Waals surface area contributed by atoms with Crippen molar-refractivity contribution in [3.63, 3.8) is 0 Å². The predicted octanol–water partition coefficient (Wildman–Crippen LogP) is 3.11. The fourth-order valence-electron chi connectivity index (χ4n) is 2.98. The first-order valence-corrected chi connectivity index (χ1v) is 10.1. The summed E-state index contributed by atoms with van der Waals surface area (Å²) in [6.07, 6.45) is 1.54. The van der Waals surface area contributed by atoms with Gasteiger partial charge in [0.15, 0.2) is 11.5 Å². The van der Waals surface area contributed by atoms with Gasteiger partial charge in [0.25, 0.3) is 11.8 Å². The Morgan fingerprint density at radius 1 is 1.06 bits per heavy atom. The van der Waals surface area contributed by atoms with Crippen molar-refractivity contribution in [3.05, 3.63) is 53.6 Å². The number of benzene rings is 2. The van der Waals surface area contributed by atoms with Gasteiger partial charge in [0.2, 0.25) is 6.79 Å². The maximum absolute atomic E-state index is 12.7. The van der Waals surface area contributed by atoms with Gasteiger partial charge >= 0.3 is 0 Å². The number of nitrogens with zero attached hydrogens (tertiary/aromatic N) is 1. The molecule has 0 aromatic heterocycles. The van der Waals surface area contributed by atoms with Crippen LogP contribution in [-0.4, -0.2) is 37.0 Å². The molecular weight excluding hydrogens is 398 g/mol. The van der Waals surface area contributed by atoms with E-state index in [0.717, 1.165) is 5.56 Å². The molecule has 3 rings (SSSR count). The number of nitrogens with one attached hydrogen (secondary N) is 2. The topological polar surface area (TPSA) is 98.2 Å². The highest BCUT2D eigenvalue weighted by atomic mass is 16.7. The first kappa shape index (κ1) is 22.1. The van der Waals surface area contributed by atoms with Crippen LogP contribution in [0.3, 0.4) is 0 Å². The van der Waals surface area contributed by atoms with E-state index >= 15 is 0 Å². The van der Waals surface area contributed by atoms with E-state index in [1.54, 1.807) is 18.2 Å². The Morgan fingerprint density at radius 2 is 1.81 bits per heavy atom. The normalized spacial score (nSPS) is 13.5. The zero-order chi connectivity index (χ0) is 22.4. The van der Waals surface area contributed by atoms with Crippen LogP contribution in [0.4, 0.5) is 0 Å². The van der Waals surface area contributed by atoms with Crippen molar-refractivity contribution in [3.8, 4) is 17.2 Å². The summed E-state index contributed by atoms with van der Waals surface area (Å²) >= 11 is 0. The van der Waals surface area contributed by atoms with Crippen LogP contribution < -0.4 is 25.0 Å². The Morgan fingerprint density at radius 3 is 2.55 bits per heavy atom. The molecule has 8 heteroatoms. The summed E-state index contributed by atoms with van der Waals surface area (Å²) in [7, 11) is 0. The van der Waals surface area contributed by atoms with Crippen LogP contribution in [-0.2, 0) is 4.79 Å². The molecular formula is C23H27N3O5. The molecule has 1 heterocycles. The van der Waals surface area contributed by atoms with E-state index in [1.165, 1.54) is 6.21 Å². The van der Waals surface area contributed by atoms with Crippen LogP contribution in [0.5, 0.6) is 17.2 Å². The third-order valence-corrected chi connectivity index (χ3v) is 4.53. The van der Waals surface area contributed by atoms with E-state index in [0.29, 0.717) is 22.8 Å². The molecule has 0 fully saturated rings. The monoisotopic (exact) mass is 425 g/mol. The van der Waals surface area contributed by atoms with E-state index in [2.05, 4.69) is 15.8 Å². The van der Waals surface area contributed by atoms with Crippen molar-refractivity contribution in [2.24, 2.45) is 11.0 Å². The van der Waals surface area contributed by atoms with Crippen molar-refractivity contribution in [2.75, 3.05) is 6.79 Å². The predicted molar refractivity (Wildman–Crippen MR) is 117 cm³/mol. The standard InChI is InChI=1S/C23H27N3O5/c1-14(2)21(25-22(27)16-9-10-19-20(11-16)30-13-29-19)23(28)26-24-12-17-7-5-6-8-18(17)31-15(3)4/h5-12,14-15,21H,13H2,1-4H3,(H,25,27)(H,26,28). The lowest BCUT2D eigenvalue weighted by molar-refractivity contribution is -0.123. The summed E-state index contributed by atoms with van der Waals surface area (Å²) in [5.74, 6) is 0.821. The van der Waals surface area contributed by atoms with Crippen molar-refractivity contribution in [2.45, 2.75) is 39.8 Å². The number of carbonyl (C=O) groups is 2. The van der Waals surface area contributed by atoms with Crippen LogP contribution in [0.2, 0.25) is 0 Å². The second-order valence-corrected chi connectivity index (χ2v) is 7.70. The fourth-order valence-corrected chi connectivity index (χ4v) is 2.98. The van der Waals surface area contributed by atoms with Gasteiger partial charge < -0.3 is 19.5 Å². The number of hydrazone groups is 1. The quantitative estimate of drug-likeness (QED) is 0.500. The SMILES string of the molecule is CC(C)Oc1ccccc1C=NNC(=O)C(NC(=O)c1ccc2c(c1)OCO2)C(C)C. The number of rotatable bonds is 8. The lowest BCUT2D eigenvalue weighted by Gasteiger charge is -2.20. The molecule has 1 aliphatic heterocycles. The van der Waals surface area contributed by atoms with E-state index < -0.39 is 11.9 Å². The number of para-hydroxylation sites is 1. The number of fused-ring (bicyclic) bond motifs is 1. The second kappa shape index (κ2) is 9.97. The highest BCUT2D eigenvalue weighted by Crippen LogP contribution is 2.32. The number of amides is 2. The zero-order valence-corrected chi connectivity index (χ0v) is 18.0. The van der Waals surface area contributed by atoms with Crippen molar-refractivity contribution >= 4 is 18.0 Å². The molecule has 0 saturated heterocycles. The van der Waals surface area contributed by atoms with Gasteiger partial charge in [0, 0.05) is 11.1 Å². The summed E-state index contributed by atoms with van der Waals surface area (Å²) in [6, 6.07) is 11.5. The molecule has 164 valence electrons. The van der Waals surface area contributed by atoms with Crippen molar-refractivity contribution < 1.29 is 23.8 Å². The maximum atomic E-state index is 12.7. The van der Waals surface area contributed by atoms with Crippen LogP contribution >= 0.6 is 0 Å². The van der Waals surface area contributed by atoms with E-state index in [4.69, 9.17) is 14.2 Å². The minimum absolute atomic E-state index is 0.0147. The molecule has 0 spiro atoms. The zero-order valence-electron chi connectivity index (χ0n) is 18.0. The molecule has 1 unspecified atom stereocenters. The van der Waals surface area contributed by atoms with Gasteiger partial charge in [0.1, 0.15) is 11.8 Å². The molecule has 2 N–H and O–H groups in total. The van der Waals surface area contributed by atoms with Crippen molar-refractivity contribution in [1.82, 2.24) is 10.7 Å². The average molecular weight is 425 g/mol. The van der Waals surface area contributed by atoms with Gasteiger partial charge in [-0.2, -0.15) is 5.10 Å². The van der Waals surface area contributed by atoms with Crippen LogP contribution in [0, 0.1) is 5.92 Å². The Kier molecular flexibility index (Phi) is 7.12. The van der Waals surface area contributed by atoms with Gasteiger partial charge in [0.05, 0.1) is 12.3 Å². The summed E-state index contributed by atoms with van der Waals surface area (Å²) in [4.78, 5) is 25.3. The second-order valence-electron chi connectivity index (χ2n) is 7.70. The molecule has 0 radical (unpaired) electrons. The van der Waals surface area contributed by atoms with Crippen LogP contribution in [0.15, 0.2) is 47.6 Å². The molecule has 1 aliphatic rings. The minimum Gasteiger partial charge on any atom is -0.490 e. The molecule has 31 heavy (non-hydrogen) atoms. The van der Waals surface area contributed by atoms with E-state index in [-0.39, 0.29) is 24.7 Å². The van der Waals surface area contributed by atoms with Gasteiger partial charge in [-0.05, 0) is 50.1 Å². The smallest absolute Gasteiger partial charge is 0.262 e. The Balaban J connectivity index is 1.64. The van der Waals surface area contributed by atoms with Crippen LogP contribution in [0.1, 0.15) is 43.6 Å². The molecule has 0 saturated carbocycles. The number of hydrogen-bond acceptors (Lipinski definition) is 6. The molecule has 8 nitrogen and oxygen atoms in total. The summed E-state index contributed by atoms with van der Waals surface area (Å²) in [5.41, 5.74) is 3.63. The Hall–Kier alpha value is -3.55. The molecule has 0 aliphatic carbocycles. The molecule has 1 atom stereocenters. The molecule has 2 amide bonds. The number of carbonyl (C=O) groups excluding carboxylic acids is 2. The Labute approximate surface area is 181 Å². The van der Waals surface area contributed by atoms with Crippen molar-refractivity contribution in [1.29, 1.82) is 0 Å². The molecule has 2 aromatic carbocycles. The van der Waals surface area contributed by atoms with Crippen LogP contribution in [0.25, 0.3) is 0 Å². The summed E-state index contributed by atoms with van der Waals surface area (Å²) in [6.45, 7) is 7.69. The lowest BCUT2D eigenvalue weighted by atomic mass is 10.0. The lowest BCUT2D eigenvalue weighted by Crippen LogP contribution is -2.48. The maximum Gasteiger partial charge on any atom is 0.262 e. The van der Waals surface area contributed by atoms with Gasteiger partial charge in [-0.25, -0.2) is 5.43 Å². The van der Waals surface area contributed by atoms with E-state index in [9.17, 15) is 9.59 Å². The third kappa shape index (κ3) is 5.75. The summed E-state index contributed by atoms with van der Waals surface area (Å²) in [5, 5.41) is 6.81. The number of hydrogen-bond donors (Lipinski definition) is 2. The van der Waals surface area contributed by atoms with E-state index in [1.807, 2.05) is 52.0 Å². The minimum atomic E-state index is -0.766. The highest BCUT2D eigenvalue weighted by molar-refractivity contribution is 5.98. The van der Waals surface area contributed by atoms with Gasteiger partial charge in [-0.3, -0.25) is 9.59 Å². The molecule has 2 aromatic rings. The first-order valence-electron chi connectivity index (χ1n) is 10.1. The average Bonchev–Trinajstić information content (AvgIpc) is 3.20. The third-order valence-electron chi connectivity index (χ3n) is 4.53. The Bertz CT molecular complexity index is 971. The van der Waals surface area contributed by atoms with Gasteiger partial charge in [-0.1, -0.05) is 26.0 Å². The summed E-state index contributed by atoms with van der Waals surface area (Å²) < 4.78 is 16.3. The first-order chi connectivity index (χ1) is 14.8. The fraction of sp³-hybridized carbons (Fsp3) is 0.348. The van der Waals surface area contributed by atoms with Gasteiger partial charge in [-0.15, -0.1) is 0 Å². The number of ether oxygens (including phenoxy) is 3. The highest BCUT2D eigenvalue weighted by Gasteiger charge is 2.25. The largest absolute Gasteiger partial charge is 0.490 e.